The molecule has 109 valence electrons. The van der Waals surface area contributed by atoms with Crippen molar-refractivity contribution in [2.75, 3.05) is 0 Å². The summed E-state index contributed by atoms with van der Waals surface area (Å²) >= 11 is 0. The van der Waals surface area contributed by atoms with Crippen molar-refractivity contribution >= 4 is 11.8 Å². The van der Waals surface area contributed by atoms with Gasteiger partial charge in [0.2, 0.25) is 0 Å². The molecule has 2 rings (SSSR count). The van der Waals surface area contributed by atoms with Gasteiger partial charge < -0.3 is 10.4 Å². The summed E-state index contributed by atoms with van der Waals surface area (Å²) in [5.41, 5.74) is 1.38. The molecule has 4 nitrogen and oxygen atoms in total. The SMILES string of the molecule is O=C1C=CC=C/C1=C/NC(Cc1ccccc1)C(=O)O.[Mn]. The molecule has 1 radical (unpaired) electrons. The molecule has 1 aliphatic rings. The summed E-state index contributed by atoms with van der Waals surface area (Å²) in [5, 5.41) is 12.0. The minimum Gasteiger partial charge on any atom is -0.480 e. The normalized spacial score (nSPS) is 16.4. The zero-order valence-electron chi connectivity index (χ0n) is 11.2. The first-order valence-electron chi connectivity index (χ1n) is 6.29. The maximum Gasteiger partial charge on any atom is 0.326 e. The Balaban J connectivity index is 0.00000220. The van der Waals surface area contributed by atoms with Crippen molar-refractivity contribution in [1.82, 2.24) is 5.32 Å². The van der Waals surface area contributed by atoms with E-state index in [1.54, 1.807) is 18.2 Å². The first-order valence-corrected chi connectivity index (χ1v) is 6.29. The minimum absolute atomic E-state index is 0. The number of carbonyl (C=O) groups is 2. The van der Waals surface area contributed by atoms with Gasteiger partial charge in [0.25, 0.3) is 0 Å². The number of nitrogens with one attached hydrogen (secondary N) is 1. The number of carbonyl (C=O) groups excluding carboxylic acids is 1. The molecule has 1 aromatic rings. The standard InChI is InChI=1S/C16H15NO3.Mn/c18-15-9-5-4-8-13(15)11-17-14(16(19)20)10-12-6-2-1-3-7-12;/h1-9,11,14,17H,10H2,(H,19,20);/b13-11-;. The second-order valence-electron chi connectivity index (χ2n) is 4.43. The summed E-state index contributed by atoms with van der Waals surface area (Å²) in [6, 6.07) is 8.60. The van der Waals surface area contributed by atoms with Crippen molar-refractivity contribution in [2.45, 2.75) is 12.5 Å². The third kappa shape index (κ3) is 5.06. The van der Waals surface area contributed by atoms with Gasteiger partial charge in [-0.15, -0.1) is 0 Å². The average molecular weight is 324 g/mol. The fourth-order valence-electron chi connectivity index (χ4n) is 1.86. The van der Waals surface area contributed by atoms with Gasteiger partial charge in [0.15, 0.2) is 5.78 Å². The van der Waals surface area contributed by atoms with Gasteiger partial charge >= 0.3 is 5.97 Å². The number of benzene rings is 1. The molecule has 2 N–H and O–H groups in total. The molecule has 0 saturated carbocycles. The quantitative estimate of drug-likeness (QED) is 0.641. The zero-order valence-corrected chi connectivity index (χ0v) is 12.4. The molecule has 21 heavy (non-hydrogen) atoms. The van der Waals surface area contributed by atoms with Crippen molar-refractivity contribution in [3.8, 4) is 0 Å². The van der Waals surface area contributed by atoms with Crippen LogP contribution in [0.15, 0.2) is 66.4 Å². The van der Waals surface area contributed by atoms with Crippen LogP contribution in [0, 0.1) is 0 Å². The number of ketones is 1. The van der Waals surface area contributed by atoms with Gasteiger partial charge in [0.1, 0.15) is 6.04 Å². The van der Waals surface area contributed by atoms with Gasteiger partial charge in [0.05, 0.1) is 0 Å². The molecule has 0 saturated heterocycles. The van der Waals surface area contributed by atoms with E-state index in [9.17, 15) is 14.7 Å². The minimum atomic E-state index is -0.950. The Hall–Kier alpha value is -2.10. The van der Waals surface area contributed by atoms with Gasteiger partial charge in [-0.2, -0.15) is 0 Å². The van der Waals surface area contributed by atoms with Crippen LogP contribution in [0.5, 0.6) is 0 Å². The van der Waals surface area contributed by atoms with Crippen molar-refractivity contribution in [2.24, 2.45) is 0 Å². The van der Waals surface area contributed by atoms with Gasteiger partial charge in [0, 0.05) is 35.3 Å². The second-order valence-corrected chi connectivity index (χ2v) is 4.43. The molecular formula is C16H15MnNO3. The van der Waals surface area contributed by atoms with E-state index in [-0.39, 0.29) is 22.9 Å². The summed E-state index contributed by atoms with van der Waals surface area (Å²) in [6.07, 6.45) is 8.30. The van der Waals surface area contributed by atoms with Crippen LogP contribution >= 0.6 is 0 Å². The van der Waals surface area contributed by atoms with Crippen LogP contribution in [0.25, 0.3) is 0 Å². The third-order valence-corrected chi connectivity index (χ3v) is 2.94. The van der Waals surface area contributed by atoms with Crippen LogP contribution in [0.2, 0.25) is 0 Å². The van der Waals surface area contributed by atoms with E-state index >= 15 is 0 Å². The summed E-state index contributed by atoms with van der Waals surface area (Å²) in [5.74, 6) is -1.09. The smallest absolute Gasteiger partial charge is 0.326 e. The van der Waals surface area contributed by atoms with Crippen molar-refractivity contribution < 1.29 is 31.8 Å². The van der Waals surface area contributed by atoms with E-state index in [1.165, 1.54) is 12.3 Å². The van der Waals surface area contributed by atoms with Crippen LogP contribution in [0.4, 0.5) is 0 Å². The van der Waals surface area contributed by atoms with Crippen molar-refractivity contribution in [1.29, 1.82) is 0 Å². The molecule has 1 unspecified atom stereocenters. The predicted molar refractivity (Wildman–Crippen MR) is 76.1 cm³/mol. The van der Waals surface area contributed by atoms with E-state index in [1.807, 2.05) is 30.3 Å². The molecule has 0 heterocycles. The molecule has 0 fully saturated rings. The predicted octanol–water partition coefficient (Wildman–Crippen LogP) is 1.85. The van der Waals surface area contributed by atoms with Crippen LogP contribution in [0.1, 0.15) is 5.56 Å². The van der Waals surface area contributed by atoms with Crippen LogP contribution in [0.3, 0.4) is 0 Å². The number of hydrogen-bond acceptors (Lipinski definition) is 3. The monoisotopic (exact) mass is 324 g/mol. The van der Waals surface area contributed by atoms with E-state index in [4.69, 9.17) is 0 Å². The largest absolute Gasteiger partial charge is 0.480 e. The number of allylic oxidation sites excluding steroid dienone is 5. The second kappa shape index (κ2) is 8.25. The van der Waals surface area contributed by atoms with Crippen molar-refractivity contribution in [3.05, 3.63) is 72.0 Å². The summed E-state index contributed by atoms with van der Waals surface area (Å²) in [7, 11) is 0. The van der Waals surface area contributed by atoms with Gasteiger partial charge in [-0.05, 0) is 17.7 Å². The van der Waals surface area contributed by atoms with Crippen LogP contribution in [-0.4, -0.2) is 22.9 Å². The molecule has 1 aromatic carbocycles. The molecule has 0 aromatic heterocycles. The molecule has 0 amide bonds. The van der Waals surface area contributed by atoms with E-state index in [0.717, 1.165) is 5.56 Å². The fraction of sp³-hybridized carbons (Fsp3) is 0.125. The maximum atomic E-state index is 11.5. The topological polar surface area (TPSA) is 66.4 Å². The number of carboxylic acid groups (broad SMARTS) is 1. The number of carboxylic acids is 1. The molecule has 0 bridgehead atoms. The molecule has 1 aliphatic carbocycles. The Labute approximate surface area is 133 Å². The van der Waals surface area contributed by atoms with E-state index in [0.29, 0.717) is 12.0 Å². The van der Waals surface area contributed by atoms with Gasteiger partial charge in [-0.25, -0.2) is 4.79 Å². The van der Waals surface area contributed by atoms with E-state index in [2.05, 4.69) is 5.32 Å². The summed E-state index contributed by atoms with van der Waals surface area (Å²) in [6.45, 7) is 0. The number of aliphatic carboxylic acids is 1. The number of rotatable bonds is 5. The summed E-state index contributed by atoms with van der Waals surface area (Å²) < 4.78 is 0. The van der Waals surface area contributed by atoms with Gasteiger partial charge in [-0.1, -0.05) is 42.5 Å². The Morgan fingerprint density at radius 3 is 2.48 bits per heavy atom. The average Bonchev–Trinajstić information content (AvgIpc) is 2.46. The Morgan fingerprint density at radius 2 is 1.86 bits per heavy atom. The van der Waals surface area contributed by atoms with E-state index < -0.39 is 12.0 Å². The molecule has 0 aliphatic heterocycles. The number of hydrogen-bond donors (Lipinski definition) is 2. The van der Waals surface area contributed by atoms with Crippen molar-refractivity contribution in [3.63, 3.8) is 0 Å². The fourth-order valence-corrected chi connectivity index (χ4v) is 1.86. The first-order chi connectivity index (χ1) is 9.66. The zero-order chi connectivity index (χ0) is 14.4. The molecule has 0 spiro atoms. The van der Waals surface area contributed by atoms with Crippen LogP contribution < -0.4 is 5.32 Å². The molecule has 5 heteroatoms. The molecule has 1 atom stereocenters. The summed E-state index contributed by atoms with van der Waals surface area (Å²) in [4.78, 5) is 22.8. The molecular weight excluding hydrogens is 309 g/mol. The van der Waals surface area contributed by atoms with Gasteiger partial charge in [-0.3, -0.25) is 4.79 Å². The third-order valence-electron chi connectivity index (χ3n) is 2.94. The Kier molecular flexibility index (Phi) is 6.66. The maximum absolute atomic E-state index is 11.5. The van der Waals surface area contributed by atoms with Crippen LogP contribution in [-0.2, 0) is 33.1 Å². The first kappa shape index (κ1) is 17.0. The Bertz CT molecular complexity index is 591. The Morgan fingerprint density at radius 1 is 1.19 bits per heavy atom.